The Balaban J connectivity index is 1.76. The van der Waals surface area contributed by atoms with Crippen LogP contribution in [0.2, 0.25) is 5.02 Å². The first-order valence-corrected chi connectivity index (χ1v) is 13.6. The highest BCUT2D eigenvalue weighted by atomic mass is 35.5. The van der Waals surface area contributed by atoms with Crippen molar-refractivity contribution in [2.75, 3.05) is 37.4 Å². The van der Waals surface area contributed by atoms with E-state index in [4.69, 9.17) is 16.3 Å². The van der Waals surface area contributed by atoms with Gasteiger partial charge in [0.05, 0.1) is 23.2 Å². The molecule has 2 aliphatic rings. The van der Waals surface area contributed by atoms with E-state index in [0.29, 0.717) is 47.2 Å². The van der Waals surface area contributed by atoms with Gasteiger partial charge >= 0.3 is 5.69 Å². The van der Waals surface area contributed by atoms with Gasteiger partial charge in [0, 0.05) is 66.0 Å². The van der Waals surface area contributed by atoms with E-state index in [0.717, 1.165) is 17.0 Å². The number of thioether (sulfide) groups is 1. The van der Waals surface area contributed by atoms with Crippen LogP contribution >= 0.6 is 23.4 Å². The van der Waals surface area contributed by atoms with Gasteiger partial charge in [0.1, 0.15) is 17.5 Å². The summed E-state index contributed by atoms with van der Waals surface area (Å²) in [6.07, 6.45) is 1.02. The third-order valence-electron chi connectivity index (χ3n) is 7.19. The van der Waals surface area contributed by atoms with Crippen molar-refractivity contribution in [3.63, 3.8) is 0 Å². The van der Waals surface area contributed by atoms with Crippen molar-refractivity contribution in [1.29, 1.82) is 0 Å². The Kier molecular flexibility index (Phi) is 7.23. The van der Waals surface area contributed by atoms with Crippen molar-refractivity contribution in [2.45, 2.75) is 37.4 Å². The van der Waals surface area contributed by atoms with Crippen LogP contribution in [0.15, 0.2) is 40.5 Å². The summed E-state index contributed by atoms with van der Waals surface area (Å²) in [5.74, 6) is -0.674. The summed E-state index contributed by atoms with van der Waals surface area (Å²) in [6.45, 7) is 9.10. The number of aryl methyl sites for hydroxylation is 1. The third kappa shape index (κ3) is 4.48. The largest absolute Gasteiger partial charge is 0.379 e. The summed E-state index contributed by atoms with van der Waals surface area (Å²) >= 11 is 7.53. The van der Waals surface area contributed by atoms with Crippen LogP contribution in [-0.4, -0.2) is 65.0 Å². The Bertz CT molecular complexity index is 1530. The molecule has 11 heteroatoms. The molecule has 1 amide bonds. The number of benzene rings is 2. The summed E-state index contributed by atoms with van der Waals surface area (Å²) in [6, 6.07) is 3.85. The minimum absolute atomic E-state index is 0.111. The molecule has 1 aromatic heterocycles. The van der Waals surface area contributed by atoms with Crippen LogP contribution in [-0.2, 0) is 16.1 Å². The fraction of sp³-hybridized carbons (Fsp3) is 0.370. The summed E-state index contributed by atoms with van der Waals surface area (Å²) in [5.41, 5.74) is 1.64. The molecule has 0 N–H and O–H groups in total. The van der Waals surface area contributed by atoms with Gasteiger partial charge in [0.15, 0.2) is 0 Å². The van der Waals surface area contributed by atoms with Crippen LogP contribution in [0.1, 0.15) is 12.5 Å². The molecule has 1 fully saturated rings. The predicted octanol–water partition coefficient (Wildman–Crippen LogP) is 4.65. The van der Waals surface area contributed by atoms with E-state index in [1.807, 2.05) is 24.8 Å². The summed E-state index contributed by atoms with van der Waals surface area (Å²) < 4.78 is 36.4. The van der Waals surface area contributed by atoms with E-state index in [9.17, 15) is 14.0 Å². The molecule has 200 valence electrons. The van der Waals surface area contributed by atoms with Gasteiger partial charge in [-0.3, -0.25) is 9.36 Å². The molecule has 2 atom stereocenters. The number of anilines is 1. The molecule has 0 spiro atoms. The molecule has 7 nitrogen and oxygen atoms in total. The predicted molar refractivity (Wildman–Crippen MR) is 146 cm³/mol. The standard InChI is InChI=1S/C27H27ClF2N4O3S/c1-5-22(35)32-6-7-33(15(3)11-32)26-18-8-14(2)23(17-9-19(28)21(30)10-20(17)29)25-24(18)34(27(36)31-26)12-16(37-4)13-38-25/h5,8-10,15-16H,1,6-7,11-13H2,2-4H3/t15-,16-/m0/s1. The normalized spacial score (nSPS) is 19.5. The highest BCUT2D eigenvalue weighted by Crippen LogP contribution is 2.45. The lowest BCUT2D eigenvalue weighted by atomic mass is 9.97. The fourth-order valence-corrected chi connectivity index (χ4v) is 6.81. The minimum Gasteiger partial charge on any atom is -0.379 e. The van der Waals surface area contributed by atoms with Gasteiger partial charge in [-0.2, -0.15) is 4.98 Å². The van der Waals surface area contributed by atoms with E-state index in [1.165, 1.54) is 23.9 Å². The Labute approximate surface area is 228 Å². The molecule has 3 heterocycles. The molecule has 0 aliphatic carbocycles. The summed E-state index contributed by atoms with van der Waals surface area (Å²) in [7, 11) is 1.59. The van der Waals surface area contributed by atoms with Crippen LogP contribution in [0.4, 0.5) is 14.6 Å². The van der Waals surface area contributed by atoms with Crippen LogP contribution < -0.4 is 10.6 Å². The maximum absolute atomic E-state index is 15.1. The fourth-order valence-electron chi connectivity index (χ4n) is 5.28. The molecular weight excluding hydrogens is 534 g/mol. The molecule has 2 aromatic carbocycles. The summed E-state index contributed by atoms with van der Waals surface area (Å²) in [4.78, 5) is 34.6. The maximum atomic E-state index is 15.1. The summed E-state index contributed by atoms with van der Waals surface area (Å²) in [5, 5.41) is 0.559. The van der Waals surface area contributed by atoms with Gasteiger partial charge in [0.2, 0.25) is 5.91 Å². The average molecular weight is 561 g/mol. The number of rotatable bonds is 4. The van der Waals surface area contributed by atoms with Gasteiger partial charge in [-0.1, -0.05) is 18.2 Å². The van der Waals surface area contributed by atoms with E-state index < -0.39 is 17.3 Å². The number of piperazine rings is 1. The van der Waals surface area contributed by atoms with Gasteiger partial charge in [-0.25, -0.2) is 13.6 Å². The van der Waals surface area contributed by atoms with Crippen molar-refractivity contribution < 1.29 is 18.3 Å². The lowest BCUT2D eigenvalue weighted by molar-refractivity contribution is -0.126. The number of carbonyl (C=O) groups is 1. The van der Waals surface area contributed by atoms with Gasteiger partial charge < -0.3 is 14.5 Å². The van der Waals surface area contributed by atoms with E-state index in [1.54, 1.807) is 16.6 Å². The molecule has 3 aromatic rings. The van der Waals surface area contributed by atoms with Crippen LogP contribution in [0.25, 0.3) is 22.0 Å². The quantitative estimate of drug-likeness (QED) is 0.342. The van der Waals surface area contributed by atoms with Crippen molar-refractivity contribution in [2.24, 2.45) is 0 Å². The smallest absolute Gasteiger partial charge is 0.350 e. The molecule has 38 heavy (non-hydrogen) atoms. The van der Waals surface area contributed by atoms with Gasteiger partial charge in [-0.15, -0.1) is 11.8 Å². The molecule has 2 aliphatic heterocycles. The molecule has 0 bridgehead atoms. The number of amides is 1. The van der Waals surface area contributed by atoms with Crippen molar-refractivity contribution >= 4 is 46.0 Å². The Morgan fingerprint density at radius 2 is 2.00 bits per heavy atom. The number of halogens is 3. The van der Waals surface area contributed by atoms with Crippen molar-refractivity contribution in [3.05, 3.63) is 63.6 Å². The van der Waals surface area contributed by atoms with Gasteiger partial charge in [0.25, 0.3) is 0 Å². The highest BCUT2D eigenvalue weighted by molar-refractivity contribution is 7.99. The average Bonchev–Trinajstić information content (AvgIpc) is 3.09. The maximum Gasteiger partial charge on any atom is 0.350 e. The Morgan fingerprint density at radius 3 is 2.68 bits per heavy atom. The minimum atomic E-state index is -0.837. The molecule has 0 radical (unpaired) electrons. The van der Waals surface area contributed by atoms with E-state index >= 15 is 4.39 Å². The van der Waals surface area contributed by atoms with Crippen LogP contribution in [0.5, 0.6) is 0 Å². The second-order valence-electron chi connectivity index (χ2n) is 9.57. The number of carbonyl (C=O) groups excluding carboxylic acids is 1. The van der Waals surface area contributed by atoms with Gasteiger partial charge in [-0.05, 0) is 37.6 Å². The van der Waals surface area contributed by atoms with Crippen LogP contribution in [0.3, 0.4) is 0 Å². The SMILES string of the molecule is C=CC(=O)N1CCN(c2nc(=O)n3c4c(c(-c5cc(Cl)c(F)cc5F)c(C)cc24)SC[C@@H](OC)C3)[C@@H](C)C1. The zero-order valence-electron chi connectivity index (χ0n) is 21.3. The monoisotopic (exact) mass is 560 g/mol. The topological polar surface area (TPSA) is 67.7 Å². The lowest BCUT2D eigenvalue weighted by Crippen LogP contribution is -2.54. The second kappa shape index (κ2) is 10.3. The Hall–Kier alpha value is -2.95. The third-order valence-corrected chi connectivity index (χ3v) is 8.71. The lowest BCUT2D eigenvalue weighted by Gasteiger charge is -2.40. The first-order valence-electron chi connectivity index (χ1n) is 12.2. The molecule has 1 saturated heterocycles. The van der Waals surface area contributed by atoms with Crippen LogP contribution in [0, 0.1) is 18.6 Å². The van der Waals surface area contributed by atoms with Crippen molar-refractivity contribution in [1.82, 2.24) is 14.5 Å². The highest BCUT2D eigenvalue weighted by Gasteiger charge is 2.32. The molecule has 0 unspecified atom stereocenters. The Morgan fingerprint density at radius 1 is 1.24 bits per heavy atom. The number of nitrogens with zero attached hydrogens (tertiary/aromatic N) is 4. The first kappa shape index (κ1) is 26.6. The van der Waals surface area contributed by atoms with E-state index in [2.05, 4.69) is 11.6 Å². The second-order valence-corrected chi connectivity index (χ2v) is 11.0. The number of aromatic nitrogens is 2. The zero-order chi connectivity index (χ0) is 27.3. The number of methoxy groups -OCH3 is 1. The molecular formula is C27H27ClF2N4O3S. The molecule has 0 saturated carbocycles. The van der Waals surface area contributed by atoms with E-state index in [-0.39, 0.29) is 35.2 Å². The zero-order valence-corrected chi connectivity index (χ0v) is 22.8. The number of hydrogen-bond donors (Lipinski definition) is 0. The first-order chi connectivity index (χ1) is 18.1. The molecule has 5 rings (SSSR count). The van der Waals surface area contributed by atoms with Crippen molar-refractivity contribution in [3.8, 4) is 11.1 Å². The number of hydrogen-bond acceptors (Lipinski definition) is 6. The number of ether oxygens (including phenoxy) is 1.